The Morgan fingerprint density at radius 1 is 1.24 bits per heavy atom. The van der Waals surface area contributed by atoms with Crippen molar-refractivity contribution in [2.45, 2.75) is 36.9 Å². The van der Waals surface area contributed by atoms with E-state index < -0.39 is 17.6 Å². The van der Waals surface area contributed by atoms with Crippen molar-refractivity contribution in [3.8, 4) is 0 Å². The van der Waals surface area contributed by atoms with Crippen molar-refractivity contribution >= 4 is 5.97 Å². The first-order chi connectivity index (χ1) is 12.1. The molecule has 6 heteroatoms. The maximum atomic E-state index is 12.6. The number of aliphatic carboxylic acids is 1. The first-order valence-corrected chi connectivity index (χ1v) is 8.83. The molecule has 2 bridgehead atoms. The summed E-state index contributed by atoms with van der Waals surface area (Å²) < 4.78 is 1.54. The fourth-order valence-corrected chi connectivity index (χ4v) is 4.61. The van der Waals surface area contributed by atoms with Crippen LogP contribution in [0.3, 0.4) is 0 Å². The monoisotopic (exact) mass is 341 g/mol. The van der Waals surface area contributed by atoms with E-state index in [-0.39, 0.29) is 6.04 Å². The smallest absolute Gasteiger partial charge is 0.337 e. The third kappa shape index (κ3) is 2.48. The van der Waals surface area contributed by atoms with Gasteiger partial charge in [-0.05, 0) is 43.8 Å². The van der Waals surface area contributed by atoms with Crippen molar-refractivity contribution in [1.29, 1.82) is 0 Å². The van der Waals surface area contributed by atoms with Crippen LogP contribution >= 0.6 is 0 Å². The van der Waals surface area contributed by atoms with Crippen molar-refractivity contribution in [1.82, 2.24) is 14.5 Å². The highest BCUT2D eigenvalue weighted by Gasteiger charge is 2.54. The summed E-state index contributed by atoms with van der Waals surface area (Å²) in [5, 5.41) is 21.7. The molecule has 3 aliphatic heterocycles. The van der Waals surface area contributed by atoms with E-state index in [9.17, 15) is 15.0 Å². The molecule has 2 N–H and O–H groups in total. The minimum absolute atomic E-state index is 0.161. The molecule has 3 fully saturated rings. The zero-order chi connectivity index (χ0) is 17.4. The van der Waals surface area contributed by atoms with Crippen LogP contribution in [-0.2, 0) is 10.3 Å². The van der Waals surface area contributed by atoms with Crippen LogP contribution in [0.5, 0.6) is 0 Å². The van der Waals surface area contributed by atoms with Gasteiger partial charge in [0.25, 0.3) is 0 Å². The minimum Gasteiger partial charge on any atom is -0.479 e. The van der Waals surface area contributed by atoms with Crippen LogP contribution in [0, 0.1) is 5.92 Å². The molecule has 1 unspecified atom stereocenters. The number of carbonyl (C=O) groups is 1. The normalized spacial score (nSPS) is 29.1. The number of fused-ring (bicyclic) bond motifs is 3. The Hall–Kier alpha value is -2.18. The maximum Gasteiger partial charge on any atom is 0.337 e. The molecule has 0 saturated carbocycles. The number of aromatic nitrogens is 2. The van der Waals surface area contributed by atoms with Gasteiger partial charge in [0.1, 0.15) is 6.10 Å². The number of hydrogen-bond acceptors (Lipinski definition) is 4. The summed E-state index contributed by atoms with van der Waals surface area (Å²) in [7, 11) is 0. The molecule has 3 atom stereocenters. The fourth-order valence-electron chi connectivity index (χ4n) is 4.61. The Labute approximate surface area is 146 Å². The van der Waals surface area contributed by atoms with Crippen molar-refractivity contribution in [3.63, 3.8) is 0 Å². The van der Waals surface area contributed by atoms with Crippen LogP contribution < -0.4 is 0 Å². The summed E-state index contributed by atoms with van der Waals surface area (Å²) in [5.74, 6) is -0.485. The number of piperidine rings is 3. The molecule has 1 aromatic carbocycles. The maximum absolute atomic E-state index is 12.6. The number of benzene rings is 1. The van der Waals surface area contributed by atoms with E-state index in [0.29, 0.717) is 11.5 Å². The number of imidazole rings is 1. The van der Waals surface area contributed by atoms with Crippen molar-refractivity contribution < 1.29 is 15.0 Å². The van der Waals surface area contributed by atoms with Crippen molar-refractivity contribution in [3.05, 3.63) is 54.6 Å². The molecule has 2 aromatic rings. The van der Waals surface area contributed by atoms with Gasteiger partial charge in [0, 0.05) is 18.4 Å². The average molecular weight is 341 g/mol. The van der Waals surface area contributed by atoms with Gasteiger partial charge in [-0.25, -0.2) is 9.78 Å². The summed E-state index contributed by atoms with van der Waals surface area (Å²) in [5.41, 5.74) is -1.02. The molecule has 132 valence electrons. The molecule has 4 heterocycles. The summed E-state index contributed by atoms with van der Waals surface area (Å²) in [6.45, 7) is 1.86. The number of nitrogens with zero attached hydrogens (tertiary/aromatic N) is 3. The second-order valence-corrected chi connectivity index (χ2v) is 7.13. The third-order valence-corrected chi connectivity index (χ3v) is 5.94. The SMILES string of the molecule is O=C(O)[C@](c1ccccc1)([C@H](O)C1CC2CCN1CC2)n1ccnc1. The lowest BCUT2D eigenvalue weighted by molar-refractivity contribution is -0.156. The van der Waals surface area contributed by atoms with E-state index in [1.165, 1.54) is 6.33 Å². The predicted molar refractivity (Wildman–Crippen MR) is 92.1 cm³/mol. The Kier molecular flexibility index (Phi) is 4.09. The zero-order valence-electron chi connectivity index (χ0n) is 14.0. The zero-order valence-corrected chi connectivity index (χ0v) is 14.0. The average Bonchev–Trinajstić information content (AvgIpc) is 3.18. The summed E-state index contributed by atoms with van der Waals surface area (Å²) >= 11 is 0. The van der Waals surface area contributed by atoms with Gasteiger partial charge in [-0.1, -0.05) is 30.3 Å². The van der Waals surface area contributed by atoms with Crippen molar-refractivity contribution in [2.24, 2.45) is 5.92 Å². The quantitative estimate of drug-likeness (QED) is 0.863. The third-order valence-electron chi connectivity index (χ3n) is 5.94. The Bertz CT molecular complexity index is 726. The van der Waals surface area contributed by atoms with Crippen LogP contribution in [0.1, 0.15) is 24.8 Å². The minimum atomic E-state index is -1.58. The van der Waals surface area contributed by atoms with Gasteiger partial charge in [0.05, 0.1) is 6.33 Å². The van der Waals surface area contributed by atoms with E-state index in [2.05, 4.69) is 9.88 Å². The van der Waals surface area contributed by atoms with Gasteiger partial charge < -0.3 is 14.8 Å². The molecule has 3 saturated heterocycles. The molecule has 0 aliphatic carbocycles. The molecule has 25 heavy (non-hydrogen) atoms. The van der Waals surface area contributed by atoms with Gasteiger partial charge in [-0.2, -0.15) is 0 Å². The highest BCUT2D eigenvalue weighted by atomic mass is 16.4. The summed E-state index contributed by atoms with van der Waals surface area (Å²) in [6.07, 6.45) is 6.73. The van der Waals surface area contributed by atoms with E-state index in [1.54, 1.807) is 29.1 Å². The second kappa shape index (κ2) is 6.28. The largest absolute Gasteiger partial charge is 0.479 e. The molecule has 0 amide bonds. The first kappa shape index (κ1) is 16.3. The number of aliphatic hydroxyl groups excluding tert-OH is 1. The van der Waals surface area contributed by atoms with Gasteiger partial charge >= 0.3 is 5.97 Å². The molecule has 0 spiro atoms. The molecular weight excluding hydrogens is 318 g/mol. The van der Waals surface area contributed by atoms with E-state index in [0.717, 1.165) is 32.4 Å². The number of rotatable bonds is 5. The highest BCUT2D eigenvalue weighted by Crippen LogP contribution is 2.40. The van der Waals surface area contributed by atoms with Gasteiger partial charge in [0.2, 0.25) is 0 Å². The van der Waals surface area contributed by atoms with Crippen LogP contribution in [0.2, 0.25) is 0 Å². The second-order valence-electron chi connectivity index (χ2n) is 7.13. The van der Waals surface area contributed by atoms with Crippen molar-refractivity contribution in [2.75, 3.05) is 13.1 Å². The number of aliphatic hydroxyl groups is 1. The van der Waals surface area contributed by atoms with Crippen LogP contribution in [0.25, 0.3) is 0 Å². The Morgan fingerprint density at radius 2 is 1.96 bits per heavy atom. The molecule has 0 radical (unpaired) electrons. The van der Waals surface area contributed by atoms with Crippen LogP contribution in [0.4, 0.5) is 0 Å². The van der Waals surface area contributed by atoms with Gasteiger partial charge in [-0.15, -0.1) is 0 Å². The predicted octanol–water partition coefficient (Wildman–Crippen LogP) is 1.56. The lowest BCUT2D eigenvalue weighted by Gasteiger charge is -2.50. The topological polar surface area (TPSA) is 78.6 Å². The lowest BCUT2D eigenvalue weighted by atomic mass is 9.73. The number of hydrogen-bond donors (Lipinski definition) is 2. The molecular formula is C19H23N3O3. The number of carboxylic acids is 1. The van der Waals surface area contributed by atoms with Gasteiger partial charge in [0.15, 0.2) is 5.54 Å². The summed E-state index contributed by atoms with van der Waals surface area (Å²) in [6, 6.07) is 8.85. The van der Waals surface area contributed by atoms with E-state index in [4.69, 9.17) is 0 Å². The van der Waals surface area contributed by atoms with E-state index in [1.807, 2.05) is 18.2 Å². The van der Waals surface area contributed by atoms with Crippen LogP contribution in [-0.4, -0.2) is 55.9 Å². The molecule has 3 aliphatic rings. The molecule has 1 aromatic heterocycles. The molecule has 6 nitrogen and oxygen atoms in total. The van der Waals surface area contributed by atoms with E-state index >= 15 is 0 Å². The molecule has 5 rings (SSSR count). The first-order valence-electron chi connectivity index (χ1n) is 8.83. The number of carboxylic acid groups (broad SMARTS) is 1. The Balaban J connectivity index is 1.84. The highest BCUT2D eigenvalue weighted by molar-refractivity contribution is 5.82. The Morgan fingerprint density at radius 3 is 2.48 bits per heavy atom. The standard InChI is InChI=1S/C19H23N3O3/c23-17(16-12-14-6-9-21(16)10-7-14)19(18(24)25,22-11-8-20-13-22)15-4-2-1-3-5-15/h1-5,8,11,13-14,16-17,23H,6-7,9-10,12H2,(H,24,25)/t16?,17-,19+/m1/s1. The van der Waals surface area contributed by atoms with Gasteiger partial charge in [-0.3, -0.25) is 4.90 Å². The fraction of sp³-hybridized carbons (Fsp3) is 0.474. The lowest BCUT2D eigenvalue weighted by Crippen LogP contribution is -2.63. The van der Waals surface area contributed by atoms with Crippen LogP contribution in [0.15, 0.2) is 49.1 Å². The summed E-state index contributed by atoms with van der Waals surface area (Å²) in [4.78, 5) is 18.9.